The van der Waals surface area contributed by atoms with Crippen molar-refractivity contribution in [2.24, 2.45) is 0 Å². The number of likely N-dealkylation sites (tertiary alicyclic amines) is 1. The Morgan fingerprint density at radius 2 is 2.29 bits per heavy atom. The van der Waals surface area contributed by atoms with Gasteiger partial charge >= 0.3 is 0 Å². The average molecular weight is 215 g/mol. The molecule has 14 heavy (non-hydrogen) atoms. The molecule has 2 rings (SSSR count). The second-order valence-electron chi connectivity index (χ2n) is 4.65. The van der Waals surface area contributed by atoms with Gasteiger partial charge in [-0.3, -0.25) is 4.90 Å². The van der Waals surface area contributed by atoms with Crippen LogP contribution in [0, 0.1) is 0 Å². The zero-order chi connectivity index (χ0) is 10.0. The van der Waals surface area contributed by atoms with Gasteiger partial charge < -0.3 is 9.84 Å². The van der Waals surface area contributed by atoms with E-state index in [1.54, 1.807) is 0 Å². The van der Waals surface area contributed by atoms with Crippen LogP contribution in [-0.4, -0.2) is 51.4 Å². The van der Waals surface area contributed by atoms with Crippen molar-refractivity contribution in [3.8, 4) is 0 Å². The maximum Gasteiger partial charge on any atom is 0.0973 e. The smallest absolute Gasteiger partial charge is 0.0973 e. The molecule has 0 spiro atoms. The summed E-state index contributed by atoms with van der Waals surface area (Å²) in [4.78, 5) is 2.43. The van der Waals surface area contributed by atoms with E-state index in [0.29, 0.717) is 12.6 Å². The summed E-state index contributed by atoms with van der Waals surface area (Å²) in [5.41, 5.74) is 0. The van der Waals surface area contributed by atoms with Crippen molar-refractivity contribution in [2.75, 3.05) is 19.8 Å². The van der Waals surface area contributed by atoms with Crippen LogP contribution in [0.1, 0.15) is 32.1 Å². The lowest BCUT2D eigenvalue weighted by atomic mass is 10.1. The summed E-state index contributed by atoms with van der Waals surface area (Å²) in [5, 5.41) is 9.34. The summed E-state index contributed by atoms with van der Waals surface area (Å²) < 4.78 is 5.96. The largest absolute Gasteiger partial charge is 0.395 e. The molecule has 2 heterocycles. The van der Waals surface area contributed by atoms with Gasteiger partial charge in [-0.2, -0.15) is 0 Å². The van der Waals surface area contributed by atoms with E-state index in [1.807, 2.05) is 0 Å². The first kappa shape index (κ1) is 10.6. The Morgan fingerprint density at radius 3 is 2.93 bits per heavy atom. The van der Waals surface area contributed by atoms with Crippen LogP contribution in [0.3, 0.4) is 0 Å². The van der Waals surface area contributed by atoms with Crippen molar-refractivity contribution in [3.63, 3.8) is 0 Å². The van der Waals surface area contributed by atoms with Gasteiger partial charge in [0.15, 0.2) is 0 Å². The molecule has 0 saturated carbocycles. The van der Waals surface area contributed by atoms with Gasteiger partial charge in [0.25, 0.3) is 0 Å². The van der Waals surface area contributed by atoms with Crippen LogP contribution in [0.15, 0.2) is 0 Å². The molecule has 2 atom stereocenters. The van der Waals surface area contributed by atoms with E-state index < -0.39 is 0 Å². The Kier molecular flexibility index (Phi) is 3.26. The molecule has 0 aromatic heterocycles. The van der Waals surface area contributed by atoms with Crippen molar-refractivity contribution in [3.05, 3.63) is 0 Å². The maximum absolute atomic E-state index is 9.30. The molecule has 2 aliphatic rings. The molecular formula is C10H21NO2Si. The number of hydrogen-bond donors (Lipinski definition) is 1. The first-order valence-corrected chi connectivity index (χ1v) is 6.78. The Labute approximate surface area is 88.9 Å². The summed E-state index contributed by atoms with van der Waals surface area (Å²) >= 11 is 0. The molecule has 0 bridgehead atoms. The molecule has 1 unspecified atom stereocenters. The van der Waals surface area contributed by atoms with Gasteiger partial charge in [0.05, 0.1) is 22.2 Å². The summed E-state index contributed by atoms with van der Waals surface area (Å²) in [7, 11) is 1.06. The standard InChI is InChI=1S/C10H21NO2Si/c12-8-9-4-3-6-11(9)10(14)5-1-2-7-13-10/h9,12H,1-8H2,14H3/t9-,10?/m0/s1. The zero-order valence-electron chi connectivity index (χ0n) is 9.04. The number of ether oxygens (including phenoxy) is 1. The first-order chi connectivity index (χ1) is 6.76. The Hall–Kier alpha value is 0.0969. The minimum absolute atomic E-state index is 0.0438. The highest BCUT2D eigenvalue weighted by atomic mass is 28.1. The molecule has 2 fully saturated rings. The molecule has 2 aliphatic heterocycles. The zero-order valence-corrected chi connectivity index (χ0v) is 11.0. The third-order valence-corrected chi connectivity index (χ3v) is 5.01. The van der Waals surface area contributed by atoms with Crippen LogP contribution in [0.5, 0.6) is 0 Å². The molecule has 82 valence electrons. The van der Waals surface area contributed by atoms with Gasteiger partial charge in [-0.25, -0.2) is 0 Å². The SMILES string of the molecule is OC[C@@H]1CCCN1C1([SiH3])CCCCO1. The second kappa shape index (κ2) is 4.31. The third kappa shape index (κ3) is 1.89. The first-order valence-electron chi connectivity index (χ1n) is 5.78. The monoisotopic (exact) mass is 215 g/mol. The summed E-state index contributed by atoms with van der Waals surface area (Å²) in [6.07, 6.45) is 6.04. The Morgan fingerprint density at radius 1 is 1.43 bits per heavy atom. The number of aliphatic hydroxyl groups excluding tert-OH is 1. The number of rotatable bonds is 2. The van der Waals surface area contributed by atoms with E-state index >= 15 is 0 Å². The van der Waals surface area contributed by atoms with Crippen molar-refractivity contribution in [2.45, 2.75) is 43.5 Å². The normalized spacial score (nSPS) is 40.5. The van der Waals surface area contributed by atoms with Crippen LogP contribution >= 0.6 is 0 Å². The van der Waals surface area contributed by atoms with E-state index in [-0.39, 0.29) is 5.35 Å². The van der Waals surface area contributed by atoms with Crippen LogP contribution in [-0.2, 0) is 4.74 Å². The molecule has 1 N–H and O–H groups in total. The topological polar surface area (TPSA) is 32.7 Å². The Balaban J connectivity index is 2.03. The molecular weight excluding hydrogens is 194 g/mol. The van der Waals surface area contributed by atoms with Crippen molar-refractivity contribution >= 4 is 10.2 Å². The molecule has 4 heteroatoms. The fourth-order valence-corrected chi connectivity index (χ4v) is 3.94. The van der Waals surface area contributed by atoms with Crippen LogP contribution in [0.2, 0.25) is 0 Å². The highest BCUT2D eigenvalue weighted by Crippen LogP contribution is 2.32. The molecule has 0 aromatic carbocycles. The number of aliphatic hydroxyl groups is 1. The van der Waals surface area contributed by atoms with Gasteiger partial charge in [0, 0.05) is 19.2 Å². The molecule has 0 aliphatic carbocycles. The fraction of sp³-hybridized carbons (Fsp3) is 1.00. The summed E-state index contributed by atoms with van der Waals surface area (Å²) in [6.45, 7) is 2.33. The van der Waals surface area contributed by atoms with E-state index in [1.165, 1.54) is 25.7 Å². The van der Waals surface area contributed by atoms with Crippen LogP contribution in [0.25, 0.3) is 0 Å². The predicted molar refractivity (Wildman–Crippen MR) is 59.3 cm³/mol. The van der Waals surface area contributed by atoms with Crippen LogP contribution < -0.4 is 0 Å². The minimum atomic E-state index is 0.0438. The summed E-state index contributed by atoms with van der Waals surface area (Å²) in [6, 6.07) is 0.366. The third-order valence-electron chi connectivity index (χ3n) is 3.64. The van der Waals surface area contributed by atoms with E-state index in [4.69, 9.17) is 4.74 Å². The average Bonchev–Trinajstić information content (AvgIpc) is 2.67. The number of hydrogen-bond acceptors (Lipinski definition) is 3. The van der Waals surface area contributed by atoms with Crippen molar-refractivity contribution in [1.82, 2.24) is 4.90 Å². The predicted octanol–water partition coefficient (Wildman–Crippen LogP) is -0.337. The van der Waals surface area contributed by atoms with Gasteiger partial charge in [0.2, 0.25) is 0 Å². The van der Waals surface area contributed by atoms with Gasteiger partial charge in [-0.1, -0.05) is 0 Å². The summed E-state index contributed by atoms with van der Waals surface area (Å²) in [5.74, 6) is 0. The van der Waals surface area contributed by atoms with E-state index in [9.17, 15) is 5.11 Å². The van der Waals surface area contributed by atoms with Gasteiger partial charge in [0.1, 0.15) is 0 Å². The highest BCUT2D eigenvalue weighted by molar-refractivity contribution is 6.14. The van der Waals surface area contributed by atoms with Crippen molar-refractivity contribution in [1.29, 1.82) is 0 Å². The molecule has 3 nitrogen and oxygen atoms in total. The molecule has 0 aromatic rings. The van der Waals surface area contributed by atoms with E-state index in [2.05, 4.69) is 4.90 Å². The van der Waals surface area contributed by atoms with Crippen molar-refractivity contribution < 1.29 is 9.84 Å². The van der Waals surface area contributed by atoms with Crippen LogP contribution in [0.4, 0.5) is 0 Å². The molecule has 2 saturated heterocycles. The lowest BCUT2D eigenvalue weighted by Gasteiger charge is -2.44. The maximum atomic E-state index is 9.30. The molecule has 0 amide bonds. The van der Waals surface area contributed by atoms with Gasteiger partial charge in [-0.15, -0.1) is 0 Å². The number of nitrogens with zero attached hydrogens (tertiary/aromatic N) is 1. The lowest BCUT2D eigenvalue weighted by Crippen LogP contribution is -2.55. The molecule has 0 radical (unpaired) electrons. The van der Waals surface area contributed by atoms with E-state index in [0.717, 1.165) is 29.8 Å². The highest BCUT2D eigenvalue weighted by Gasteiger charge is 2.40. The quantitative estimate of drug-likeness (QED) is 0.640. The minimum Gasteiger partial charge on any atom is -0.395 e. The lowest BCUT2D eigenvalue weighted by molar-refractivity contribution is -0.131. The van der Waals surface area contributed by atoms with Gasteiger partial charge in [-0.05, 0) is 32.1 Å². The Bertz CT molecular complexity index is 195. The second-order valence-corrected chi connectivity index (χ2v) is 6.22. The fourth-order valence-electron chi connectivity index (χ4n) is 2.79.